The van der Waals surface area contributed by atoms with Crippen LogP contribution in [0.4, 0.5) is 0 Å². The number of methoxy groups -OCH3 is 1. The lowest BCUT2D eigenvalue weighted by molar-refractivity contribution is -0.132. The van der Waals surface area contributed by atoms with Crippen LogP contribution < -0.4 is 4.74 Å². The minimum atomic E-state index is 0.221. The van der Waals surface area contributed by atoms with Gasteiger partial charge in [-0.2, -0.15) is 0 Å². The number of nitrogens with zero attached hydrogens (tertiary/aromatic N) is 1. The van der Waals surface area contributed by atoms with Crippen molar-refractivity contribution < 1.29 is 9.53 Å². The molecule has 0 bridgehead atoms. The van der Waals surface area contributed by atoms with E-state index in [0.29, 0.717) is 18.8 Å². The van der Waals surface area contributed by atoms with Gasteiger partial charge >= 0.3 is 0 Å². The quantitative estimate of drug-likeness (QED) is 0.646. The average Bonchev–Trinajstić information content (AvgIpc) is 3.16. The lowest BCUT2D eigenvalue weighted by Gasteiger charge is -2.32. The number of aromatic amines is 1. The van der Waals surface area contributed by atoms with E-state index in [9.17, 15) is 4.79 Å². The fraction of sp³-hybridized carbons (Fsp3) is 0.348. The van der Waals surface area contributed by atoms with E-state index < -0.39 is 0 Å². The number of hydrogen-bond acceptors (Lipinski definition) is 2. The highest BCUT2D eigenvalue weighted by molar-refractivity contribution is 6.31. The summed E-state index contributed by atoms with van der Waals surface area (Å²) in [7, 11) is 1.69. The van der Waals surface area contributed by atoms with E-state index in [-0.39, 0.29) is 5.91 Å². The zero-order valence-electron chi connectivity index (χ0n) is 16.1. The number of carbonyl (C=O) groups excluding carboxylic acids is 1. The third-order valence-electron chi connectivity index (χ3n) is 5.77. The van der Waals surface area contributed by atoms with Crippen molar-refractivity contribution in [3.05, 3.63) is 64.8 Å². The van der Waals surface area contributed by atoms with E-state index in [2.05, 4.69) is 23.3 Å². The number of likely N-dealkylation sites (tertiary alicyclic amines) is 1. The Balaban J connectivity index is 1.37. The molecular formula is C23H25ClN2O2. The molecule has 5 heteroatoms. The molecule has 0 unspecified atom stereocenters. The fourth-order valence-corrected chi connectivity index (χ4v) is 4.36. The van der Waals surface area contributed by atoms with Crippen molar-refractivity contribution in [1.29, 1.82) is 0 Å². The molecule has 4 nitrogen and oxygen atoms in total. The Hall–Kier alpha value is -2.46. The highest BCUT2D eigenvalue weighted by Crippen LogP contribution is 2.34. The Bertz CT molecular complexity index is 974. The summed E-state index contributed by atoms with van der Waals surface area (Å²) < 4.78 is 5.38. The van der Waals surface area contributed by atoms with Gasteiger partial charge in [0.25, 0.3) is 0 Å². The monoisotopic (exact) mass is 396 g/mol. The maximum absolute atomic E-state index is 12.6. The van der Waals surface area contributed by atoms with Gasteiger partial charge in [-0.25, -0.2) is 0 Å². The van der Waals surface area contributed by atoms with E-state index in [0.717, 1.165) is 47.8 Å². The van der Waals surface area contributed by atoms with Crippen LogP contribution in [0.15, 0.2) is 48.7 Å². The van der Waals surface area contributed by atoms with Crippen LogP contribution in [-0.4, -0.2) is 36.0 Å². The first-order valence-corrected chi connectivity index (χ1v) is 10.2. The lowest BCUT2D eigenvalue weighted by atomic mass is 9.89. The van der Waals surface area contributed by atoms with Crippen LogP contribution in [0.3, 0.4) is 0 Å². The minimum absolute atomic E-state index is 0.221. The summed E-state index contributed by atoms with van der Waals surface area (Å²) in [4.78, 5) is 18.0. The zero-order chi connectivity index (χ0) is 19.5. The number of nitrogens with one attached hydrogen (secondary N) is 1. The Labute approximate surface area is 170 Å². The number of carbonyl (C=O) groups is 1. The first kappa shape index (κ1) is 18.9. The van der Waals surface area contributed by atoms with E-state index in [4.69, 9.17) is 16.3 Å². The second-order valence-electron chi connectivity index (χ2n) is 7.40. The lowest BCUT2D eigenvalue weighted by Crippen LogP contribution is -2.38. The molecule has 0 aliphatic carbocycles. The highest BCUT2D eigenvalue weighted by Gasteiger charge is 2.25. The number of fused-ring (bicyclic) bond motifs is 1. The summed E-state index contributed by atoms with van der Waals surface area (Å²) in [6, 6.07) is 13.9. The van der Waals surface area contributed by atoms with Gasteiger partial charge in [0.05, 0.1) is 7.11 Å². The Morgan fingerprint density at radius 2 is 2.00 bits per heavy atom. The van der Waals surface area contributed by atoms with Gasteiger partial charge in [-0.05, 0) is 60.6 Å². The smallest absolute Gasteiger partial charge is 0.222 e. The number of ether oxygens (including phenoxy) is 1. The van der Waals surface area contributed by atoms with E-state index in [1.165, 1.54) is 10.9 Å². The SMILES string of the molecule is COc1ccc2[nH]cc(C3CCN(C(=O)CCc4ccccc4Cl)CC3)c2c1. The highest BCUT2D eigenvalue weighted by atomic mass is 35.5. The number of hydrogen-bond donors (Lipinski definition) is 1. The average molecular weight is 397 g/mol. The predicted molar refractivity (Wildman–Crippen MR) is 113 cm³/mol. The molecule has 0 saturated carbocycles. The standard InChI is InChI=1S/C23H25ClN2O2/c1-28-18-7-8-22-19(14-18)20(15-25-22)16-10-12-26(13-11-16)23(27)9-6-17-4-2-3-5-21(17)24/h2-5,7-8,14-16,25H,6,9-13H2,1H3. The molecular weight excluding hydrogens is 372 g/mol. The van der Waals surface area contributed by atoms with Crippen molar-refractivity contribution in [3.63, 3.8) is 0 Å². The van der Waals surface area contributed by atoms with Crippen LogP contribution in [0.5, 0.6) is 5.75 Å². The third kappa shape index (κ3) is 3.88. The third-order valence-corrected chi connectivity index (χ3v) is 6.14. The molecule has 0 atom stereocenters. The summed E-state index contributed by atoms with van der Waals surface area (Å²) in [5.74, 6) is 1.56. The molecule has 0 spiro atoms. The molecule has 2 heterocycles. The van der Waals surface area contributed by atoms with Crippen molar-refractivity contribution in [2.75, 3.05) is 20.2 Å². The van der Waals surface area contributed by atoms with Crippen LogP contribution in [0.25, 0.3) is 10.9 Å². The topological polar surface area (TPSA) is 45.3 Å². The van der Waals surface area contributed by atoms with Crippen LogP contribution in [-0.2, 0) is 11.2 Å². The molecule has 1 aliphatic heterocycles. The fourth-order valence-electron chi connectivity index (χ4n) is 4.13. The maximum Gasteiger partial charge on any atom is 0.222 e. The number of H-pyrrole nitrogens is 1. The van der Waals surface area contributed by atoms with Crippen molar-refractivity contribution in [2.45, 2.75) is 31.6 Å². The van der Waals surface area contributed by atoms with E-state index in [1.54, 1.807) is 7.11 Å². The summed E-state index contributed by atoms with van der Waals surface area (Å²) in [5, 5.41) is 1.96. The Morgan fingerprint density at radius 1 is 1.21 bits per heavy atom. The molecule has 28 heavy (non-hydrogen) atoms. The molecule has 1 saturated heterocycles. The zero-order valence-corrected chi connectivity index (χ0v) is 16.8. The van der Waals surface area contributed by atoms with Gasteiger partial charge in [0, 0.05) is 41.6 Å². The molecule has 146 valence electrons. The van der Waals surface area contributed by atoms with Gasteiger partial charge in [0.1, 0.15) is 5.75 Å². The van der Waals surface area contributed by atoms with Crippen LogP contribution in [0.1, 0.15) is 36.3 Å². The molecule has 1 aliphatic rings. The molecule has 3 aromatic rings. The summed E-state index contributed by atoms with van der Waals surface area (Å²) in [6.45, 7) is 1.62. The van der Waals surface area contributed by atoms with Crippen molar-refractivity contribution in [2.24, 2.45) is 0 Å². The number of benzene rings is 2. The number of amides is 1. The minimum Gasteiger partial charge on any atom is -0.497 e. The van der Waals surface area contributed by atoms with Crippen molar-refractivity contribution in [1.82, 2.24) is 9.88 Å². The largest absolute Gasteiger partial charge is 0.497 e. The second kappa shape index (κ2) is 8.27. The molecule has 2 aromatic carbocycles. The molecule has 1 fully saturated rings. The van der Waals surface area contributed by atoms with Crippen LogP contribution in [0.2, 0.25) is 5.02 Å². The summed E-state index contributed by atoms with van der Waals surface area (Å²) in [5.41, 5.74) is 3.51. The van der Waals surface area contributed by atoms with Gasteiger partial charge in [0.2, 0.25) is 5.91 Å². The number of halogens is 1. The van der Waals surface area contributed by atoms with Gasteiger partial charge in [-0.1, -0.05) is 29.8 Å². The number of aromatic nitrogens is 1. The Morgan fingerprint density at radius 3 is 2.75 bits per heavy atom. The molecule has 1 amide bonds. The summed E-state index contributed by atoms with van der Waals surface area (Å²) in [6.07, 6.45) is 5.30. The molecule has 4 rings (SSSR count). The normalized spacial score (nSPS) is 15.1. The van der Waals surface area contributed by atoms with Crippen molar-refractivity contribution >= 4 is 28.4 Å². The van der Waals surface area contributed by atoms with Gasteiger partial charge in [0.15, 0.2) is 0 Å². The summed E-state index contributed by atoms with van der Waals surface area (Å²) >= 11 is 6.20. The van der Waals surface area contributed by atoms with E-state index >= 15 is 0 Å². The maximum atomic E-state index is 12.6. The van der Waals surface area contributed by atoms with Gasteiger partial charge < -0.3 is 14.6 Å². The Kier molecular flexibility index (Phi) is 5.58. The second-order valence-corrected chi connectivity index (χ2v) is 7.81. The molecule has 0 radical (unpaired) electrons. The van der Waals surface area contributed by atoms with E-state index in [1.807, 2.05) is 35.2 Å². The van der Waals surface area contributed by atoms with Gasteiger partial charge in [-0.3, -0.25) is 4.79 Å². The van der Waals surface area contributed by atoms with Crippen LogP contribution in [0, 0.1) is 0 Å². The first-order valence-electron chi connectivity index (χ1n) is 9.82. The number of aryl methyl sites for hydroxylation is 1. The van der Waals surface area contributed by atoms with Crippen molar-refractivity contribution in [3.8, 4) is 5.75 Å². The number of piperidine rings is 1. The molecule has 1 N–H and O–H groups in total. The van der Waals surface area contributed by atoms with Crippen LogP contribution >= 0.6 is 11.6 Å². The number of rotatable bonds is 5. The first-order chi connectivity index (χ1) is 13.7. The predicted octanol–water partition coefficient (Wildman–Crippen LogP) is 5.17. The van der Waals surface area contributed by atoms with Gasteiger partial charge in [-0.15, -0.1) is 0 Å². The molecule has 1 aromatic heterocycles.